The second kappa shape index (κ2) is 7.49. The fourth-order valence-corrected chi connectivity index (χ4v) is 3.19. The number of aliphatic carboxylic acids is 1. The van der Waals surface area contributed by atoms with Crippen LogP contribution in [0.25, 0.3) is 0 Å². The van der Waals surface area contributed by atoms with Crippen molar-refractivity contribution in [3.8, 4) is 5.75 Å². The molecule has 0 aliphatic carbocycles. The molecule has 5 heteroatoms. The fraction of sp³-hybridized carbons (Fsp3) is 0.556. The SMILES string of the molecule is COc1cccc(C(C)CC(=O)N2CC(C)CC(C(=O)O)C2)c1. The summed E-state index contributed by atoms with van der Waals surface area (Å²) in [4.78, 5) is 25.5. The third-order valence-electron chi connectivity index (χ3n) is 4.51. The van der Waals surface area contributed by atoms with Crippen LogP contribution in [0.3, 0.4) is 0 Å². The molecule has 0 saturated carbocycles. The number of rotatable bonds is 5. The van der Waals surface area contributed by atoms with Gasteiger partial charge in [-0.15, -0.1) is 0 Å². The summed E-state index contributed by atoms with van der Waals surface area (Å²) in [6.07, 6.45) is 1.02. The average Bonchev–Trinajstić information content (AvgIpc) is 2.54. The van der Waals surface area contributed by atoms with Gasteiger partial charge in [0, 0.05) is 19.5 Å². The number of carboxylic acid groups (broad SMARTS) is 1. The normalized spacial score (nSPS) is 22.5. The zero-order valence-electron chi connectivity index (χ0n) is 14.0. The number of hydrogen-bond acceptors (Lipinski definition) is 3. The maximum absolute atomic E-state index is 12.6. The van der Waals surface area contributed by atoms with Crippen molar-refractivity contribution >= 4 is 11.9 Å². The number of nitrogens with zero attached hydrogens (tertiary/aromatic N) is 1. The molecule has 5 nitrogen and oxygen atoms in total. The Hall–Kier alpha value is -2.04. The monoisotopic (exact) mass is 319 g/mol. The molecule has 1 aliphatic rings. The Kier molecular flexibility index (Phi) is 5.64. The largest absolute Gasteiger partial charge is 0.497 e. The summed E-state index contributed by atoms with van der Waals surface area (Å²) in [6.45, 7) is 4.98. The maximum Gasteiger partial charge on any atom is 0.308 e. The third-order valence-corrected chi connectivity index (χ3v) is 4.51. The van der Waals surface area contributed by atoms with Gasteiger partial charge in [0.25, 0.3) is 0 Å². The first-order chi connectivity index (χ1) is 10.9. The van der Waals surface area contributed by atoms with Gasteiger partial charge in [-0.05, 0) is 36.0 Å². The van der Waals surface area contributed by atoms with Gasteiger partial charge in [0.1, 0.15) is 5.75 Å². The quantitative estimate of drug-likeness (QED) is 0.906. The van der Waals surface area contributed by atoms with Gasteiger partial charge < -0.3 is 14.7 Å². The van der Waals surface area contributed by atoms with E-state index in [4.69, 9.17) is 4.74 Å². The van der Waals surface area contributed by atoms with Gasteiger partial charge in [-0.3, -0.25) is 9.59 Å². The Morgan fingerprint density at radius 2 is 2.13 bits per heavy atom. The number of carbonyl (C=O) groups excluding carboxylic acids is 1. The number of methoxy groups -OCH3 is 1. The molecule has 23 heavy (non-hydrogen) atoms. The van der Waals surface area contributed by atoms with Crippen LogP contribution in [-0.4, -0.2) is 42.1 Å². The summed E-state index contributed by atoms with van der Waals surface area (Å²) in [5.74, 6) is -0.165. The van der Waals surface area contributed by atoms with Crippen LogP contribution in [0.1, 0.15) is 38.2 Å². The van der Waals surface area contributed by atoms with Gasteiger partial charge in [-0.25, -0.2) is 0 Å². The molecule has 1 aromatic rings. The molecule has 1 aliphatic heterocycles. The third kappa shape index (κ3) is 4.47. The highest BCUT2D eigenvalue weighted by Crippen LogP contribution is 2.27. The van der Waals surface area contributed by atoms with E-state index in [0.29, 0.717) is 25.9 Å². The topological polar surface area (TPSA) is 66.8 Å². The number of likely N-dealkylation sites (tertiary alicyclic amines) is 1. The van der Waals surface area contributed by atoms with Crippen LogP contribution in [-0.2, 0) is 9.59 Å². The van der Waals surface area contributed by atoms with Gasteiger partial charge in [0.05, 0.1) is 13.0 Å². The average molecular weight is 319 g/mol. The van der Waals surface area contributed by atoms with Crippen LogP contribution in [0, 0.1) is 11.8 Å². The summed E-state index contributed by atoms with van der Waals surface area (Å²) in [5.41, 5.74) is 1.05. The molecule has 1 amide bonds. The van der Waals surface area contributed by atoms with Crippen molar-refractivity contribution in [1.29, 1.82) is 0 Å². The van der Waals surface area contributed by atoms with E-state index < -0.39 is 11.9 Å². The molecule has 1 aromatic carbocycles. The maximum atomic E-state index is 12.6. The summed E-state index contributed by atoms with van der Waals surface area (Å²) < 4.78 is 5.22. The van der Waals surface area contributed by atoms with E-state index >= 15 is 0 Å². The molecule has 3 unspecified atom stereocenters. The smallest absolute Gasteiger partial charge is 0.308 e. The lowest BCUT2D eigenvalue weighted by Crippen LogP contribution is -2.45. The van der Waals surface area contributed by atoms with Gasteiger partial charge in [0.15, 0.2) is 0 Å². The Morgan fingerprint density at radius 3 is 2.78 bits per heavy atom. The first kappa shape index (κ1) is 17.3. The van der Waals surface area contributed by atoms with Crippen molar-refractivity contribution in [3.05, 3.63) is 29.8 Å². The first-order valence-corrected chi connectivity index (χ1v) is 8.05. The predicted molar refractivity (Wildman–Crippen MR) is 87.5 cm³/mol. The highest BCUT2D eigenvalue weighted by molar-refractivity contribution is 5.78. The zero-order valence-corrected chi connectivity index (χ0v) is 14.0. The van der Waals surface area contributed by atoms with Crippen molar-refractivity contribution in [3.63, 3.8) is 0 Å². The minimum Gasteiger partial charge on any atom is -0.497 e. The second-order valence-corrected chi connectivity index (χ2v) is 6.56. The molecule has 0 aromatic heterocycles. The number of amides is 1. The predicted octanol–water partition coefficient (Wildman–Crippen LogP) is 2.76. The van der Waals surface area contributed by atoms with E-state index in [0.717, 1.165) is 11.3 Å². The molecule has 1 fully saturated rings. The Balaban J connectivity index is 2.01. The van der Waals surface area contributed by atoms with Crippen molar-refractivity contribution in [2.24, 2.45) is 11.8 Å². The van der Waals surface area contributed by atoms with Gasteiger partial charge >= 0.3 is 5.97 Å². The van der Waals surface area contributed by atoms with Crippen LogP contribution >= 0.6 is 0 Å². The molecule has 126 valence electrons. The minimum absolute atomic E-state index is 0.0260. The van der Waals surface area contributed by atoms with Crippen LogP contribution in [0.4, 0.5) is 0 Å². The van der Waals surface area contributed by atoms with Crippen LogP contribution in [0.15, 0.2) is 24.3 Å². The molecule has 3 atom stereocenters. The van der Waals surface area contributed by atoms with Crippen molar-refractivity contribution in [2.45, 2.75) is 32.6 Å². The van der Waals surface area contributed by atoms with E-state index in [9.17, 15) is 14.7 Å². The summed E-state index contributed by atoms with van der Waals surface area (Å²) in [5, 5.41) is 9.22. The Morgan fingerprint density at radius 1 is 1.39 bits per heavy atom. The van der Waals surface area contributed by atoms with Crippen LogP contribution in [0.5, 0.6) is 5.75 Å². The summed E-state index contributed by atoms with van der Waals surface area (Å²) >= 11 is 0. The van der Waals surface area contributed by atoms with Crippen molar-refractivity contribution < 1.29 is 19.4 Å². The molecule has 2 rings (SSSR count). The lowest BCUT2D eigenvalue weighted by Gasteiger charge is -2.35. The standard InChI is InChI=1S/C18H25NO4/c1-12-7-15(18(21)22)11-19(10-12)17(20)8-13(2)14-5-4-6-16(9-14)23-3/h4-6,9,12-13,15H,7-8,10-11H2,1-3H3,(H,21,22). The number of hydrogen-bond donors (Lipinski definition) is 1. The molecule has 1 N–H and O–H groups in total. The zero-order chi connectivity index (χ0) is 17.0. The molecular formula is C18H25NO4. The lowest BCUT2D eigenvalue weighted by molar-refractivity contribution is -0.147. The van der Waals surface area contributed by atoms with E-state index in [2.05, 4.69) is 0 Å². The molecule has 0 radical (unpaired) electrons. The highest BCUT2D eigenvalue weighted by atomic mass is 16.5. The highest BCUT2D eigenvalue weighted by Gasteiger charge is 2.32. The molecular weight excluding hydrogens is 294 g/mol. The van der Waals surface area contributed by atoms with Gasteiger partial charge in [-0.1, -0.05) is 26.0 Å². The first-order valence-electron chi connectivity index (χ1n) is 8.05. The number of carbonyl (C=O) groups is 2. The lowest BCUT2D eigenvalue weighted by atomic mass is 9.89. The van der Waals surface area contributed by atoms with Crippen LogP contribution in [0.2, 0.25) is 0 Å². The van der Waals surface area contributed by atoms with Gasteiger partial charge in [-0.2, -0.15) is 0 Å². The summed E-state index contributed by atoms with van der Waals surface area (Å²) in [6, 6.07) is 7.72. The number of benzene rings is 1. The van der Waals surface area contributed by atoms with E-state index in [1.165, 1.54) is 0 Å². The fourth-order valence-electron chi connectivity index (χ4n) is 3.19. The number of piperidine rings is 1. The number of ether oxygens (including phenoxy) is 1. The van der Waals surface area contributed by atoms with Crippen LogP contribution < -0.4 is 4.74 Å². The Labute approximate surface area is 137 Å². The summed E-state index contributed by atoms with van der Waals surface area (Å²) in [7, 11) is 1.62. The van der Waals surface area contributed by atoms with E-state index in [1.807, 2.05) is 38.1 Å². The van der Waals surface area contributed by atoms with E-state index in [-0.39, 0.29) is 17.7 Å². The van der Waals surface area contributed by atoms with E-state index in [1.54, 1.807) is 12.0 Å². The van der Waals surface area contributed by atoms with Crippen molar-refractivity contribution in [1.82, 2.24) is 4.90 Å². The van der Waals surface area contributed by atoms with Gasteiger partial charge in [0.2, 0.25) is 5.91 Å². The minimum atomic E-state index is -0.810. The molecule has 1 saturated heterocycles. The molecule has 0 bridgehead atoms. The molecule has 0 spiro atoms. The molecule has 1 heterocycles. The second-order valence-electron chi connectivity index (χ2n) is 6.56. The number of carboxylic acids is 1. The van der Waals surface area contributed by atoms with Crippen molar-refractivity contribution in [2.75, 3.05) is 20.2 Å². The Bertz CT molecular complexity index is 572.